The average molecular weight is 445 g/mol. The third kappa shape index (κ3) is 6.57. The Labute approximate surface area is 188 Å². The third-order valence-corrected chi connectivity index (χ3v) is 5.10. The molecule has 9 nitrogen and oxygen atoms in total. The summed E-state index contributed by atoms with van der Waals surface area (Å²) in [5.41, 5.74) is 3.34. The molecule has 0 atom stereocenters. The number of methoxy groups -OCH3 is 2. The molecule has 1 aromatic heterocycles. The van der Waals surface area contributed by atoms with Gasteiger partial charge in [0.2, 0.25) is 0 Å². The molecule has 1 heterocycles. The first-order valence-corrected chi connectivity index (χ1v) is 10.5. The molecular formula is C23H32N4O5. The summed E-state index contributed by atoms with van der Waals surface area (Å²) in [6, 6.07) is 5.02. The van der Waals surface area contributed by atoms with E-state index in [0.717, 1.165) is 16.8 Å². The predicted molar refractivity (Wildman–Crippen MR) is 122 cm³/mol. The molecule has 9 heteroatoms. The van der Waals surface area contributed by atoms with Crippen LogP contribution < -0.4 is 10.6 Å². The fraction of sp³-hybridized carbons (Fsp3) is 0.478. The van der Waals surface area contributed by atoms with Crippen molar-refractivity contribution in [3.8, 4) is 0 Å². The van der Waals surface area contributed by atoms with E-state index in [1.807, 2.05) is 18.2 Å². The number of urea groups is 1. The highest BCUT2D eigenvalue weighted by Crippen LogP contribution is 2.32. The van der Waals surface area contributed by atoms with Crippen LogP contribution in [0, 0.1) is 0 Å². The quantitative estimate of drug-likeness (QED) is 0.553. The summed E-state index contributed by atoms with van der Waals surface area (Å²) in [6.45, 7) is 8.31. The van der Waals surface area contributed by atoms with E-state index in [-0.39, 0.29) is 24.7 Å². The maximum absolute atomic E-state index is 12.8. The Morgan fingerprint density at radius 1 is 0.938 bits per heavy atom. The van der Waals surface area contributed by atoms with E-state index >= 15 is 0 Å². The van der Waals surface area contributed by atoms with Crippen molar-refractivity contribution in [1.29, 1.82) is 0 Å². The van der Waals surface area contributed by atoms with E-state index < -0.39 is 24.0 Å². The molecule has 0 spiro atoms. The fourth-order valence-corrected chi connectivity index (χ4v) is 3.38. The van der Waals surface area contributed by atoms with E-state index in [4.69, 9.17) is 9.47 Å². The summed E-state index contributed by atoms with van der Waals surface area (Å²) in [7, 11) is 2.55. The number of carbonyl (C=O) groups is 3. The first-order valence-electron chi connectivity index (χ1n) is 10.5. The van der Waals surface area contributed by atoms with Gasteiger partial charge in [-0.05, 0) is 23.0 Å². The van der Waals surface area contributed by atoms with Gasteiger partial charge in [0.15, 0.2) is 0 Å². The van der Waals surface area contributed by atoms with Crippen LogP contribution in [0.15, 0.2) is 30.6 Å². The lowest BCUT2D eigenvalue weighted by molar-refractivity contribution is -0.144. The molecule has 0 radical (unpaired) electrons. The van der Waals surface area contributed by atoms with Crippen molar-refractivity contribution in [2.75, 3.05) is 24.9 Å². The number of benzene rings is 1. The van der Waals surface area contributed by atoms with E-state index in [1.54, 1.807) is 6.20 Å². The number of hydrogen-bond acceptors (Lipinski definition) is 6. The van der Waals surface area contributed by atoms with Crippen LogP contribution in [0.25, 0.3) is 0 Å². The van der Waals surface area contributed by atoms with Crippen molar-refractivity contribution < 1.29 is 23.9 Å². The molecular weight excluding hydrogens is 412 g/mol. The van der Waals surface area contributed by atoms with Gasteiger partial charge in [-0.1, -0.05) is 45.9 Å². The predicted octanol–water partition coefficient (Wildman–Crippen LogP) is 4.44. The average Bonchev–Trinajstić information content (AvgIpc) is 3.20. The number of anilines is 2. The summed E-state index contributed by atoms with van der Waals surface area (Å²) in [4.78, 5) is 36.2. The minimum Gasteiger partial charge on any atom is -0.469 e. The second kappa shape index (κ2) is 11.3. The Bertz CT molecular complexity index is 907. The summed E-state index contributed by atoms with van der Waals surface area (Å²) >= 11 is 0. The zero-order valence-electron chi connectivity index (χ0n) is 19.5. The smallest absolute Gasteiger partial charge is 0.323 e. The Morgan fingerprint density at radius 2 is 1.47 bits per heavy atom. The number of rotatable bonds is 9. The van der Waals surface area contributed by atoms with Crippen molar-refractivity contribution in [3.63, 3.8) is 0 Å². The molecule has 0 aliphatic heterocycles. The Kier molecular flexibility index (Phi) is 8.80. The minimum atomic E-state index is -0.595. The lowest BCUT2D eigenvalue weighted by atomic mass is 9.93. The van der Waals surface area contributed by atoms with Crippen LogP contribution in [0.1, 0.15) is 69.5 Å². The standard InChI is InChI=1S/C23H32N4O5/c1-14(2)18-8-7-9-19(15(3)4)22(18)26-23(30)25-16-12-24-27(13-16)17(10-20(28)31-5)11-21(29)32-6/h7-9,12-15,17H,10-11H2,1-6H3,(H2,25,26,30). The maximum Gasteiger partial charge on any atom is 0.323 e. The van der Waals surface area contributed by atoms with Gasteiger partial charge in [-0.15, -0.1) is 0 Å². The van der Waals surface area contributed by atoms with Crippen molar-refractivity contribution in [3.05, 3.63) is 41.7 Å². The highest BCUT2D eigenvalue weighted by atomic mass is 16.5. The van der Waals surface area contributed by atoms with Gasteiger partial charge in [-0.2, -0.15) is 5.10 Å². The highest BCUT2D eigenvalue weighted by Gasteiger charge is 2.22. The van der Waals surface area contributed by atoms with Gasteiger partial charge in [0.25, 0.3) is 0 Å². The molecule has 174 valence electrons. The summed E-state index contributed by atoms with van der Waals surface area (Å²) < 4.78 is 10.9. The molecule has 2 aromatic rings. The van der Waals surface area contributed by atoms with Crippen molar-refractivity contribution in [2.45, 2.75) is 58.4 Å². The Balaban J connectivity index is 2.19. The largest absolute Gasteiger partial charge is 0.469 e. The normalized spacial score (nSPS) is 11.0. The molecule has 1 aromatic carbocycles. The number of carbonyl (C=O) groups excluding carboxylic acids is 3. The molecule has 0 aliphatic rings. The van der Waals surface area contributed by atoms with Gasteiger partial charge in [0, 0.05) is 11.9 Å². The molecule has 0 fully saturated rings. The molecule has 0 unspecified atom stereocenters. The number of aromatic nitrogens is 2. The van der Waals surface area contributed by atoms with Gasteiger partial charge in [0.05, 0.1) is 45.0 Å². The first kappa shape index (κ1) is 24.9. The van der Waals surface area contributed by atoms with Gasteiger partial charge in [-0.3, -0.25) is 14.3 Å². The van der Waals surface area contributed by atoms with Crippen molar-refractivity contribution in [1.82, 2.24) is 9.78 Å². The minimum absolute atomic E-state index is 0.0571. The number of amides is 2. The number of ether oxygens (including phenoxy) is 2. The summed E-state index contributed by atoms with van der Waals surface area (Å²) in [5, 5.41) is 9.94. The van der Waals surface area contributed by atoms with Crippen LogP contribution in [0.2, 0.25) is 0 Å². The fourth-order valence-electron chi connectivity index (χ4n) is 3.38. The molecule has 0 saturated carbocycles. The number of nitrogens with zero attached hydrogens (tertiary/aromatic N) is 2. The lowest BCUT2D eigenvalue weighted by Gasteiger charge is -2.20. The maximum atomic E-state index is 12.8. The van der Waals surface area contributed by atoms with E-state index in [1.165, 1.54) is 25.1 Å². The number of hydrogen-bond donors (Lipinski definition) is 2. The Morgan fingerprint density at radius 3 is 1.94 bits per heavy atom. The highest BCUT2D eigenvalue weighted by molar-refractivity contribution is 6.00. The van der Waals surface area contributed by atoms with Crippen LogP contribution in [-0.2, 0) is 19.1 Å². The lowest BCUT2D eigenvalue weighted by Crippen LogP contribution is -2.22. The van der Waals surface area contributed by atoms with Gasteiger partial charge >= 0.3 is 18.0 Å². The van der Waals surface area contributed by atoms with Crippen LogP contribution in [-0.4, -0.2) is 42.0 Å². The van der Waals surface area contributed by atoms with Crippen LogP contribution in [0.5, 0.6) is 0 Å². The zero-order chi connectivity index (χ0) is 23.8. The molecule has 2 rings (SSSR count). The molecule has 2 amide bonds. The molecule has 0 aliphatic carbocycles. The SMILES string of the molecule is COC(=O)CC(CC(=O)OC)n1cc(NC(=O)Nc2c(C(C)C)cccc2C(C)C)cn1. The number of esters is 2. The second-order valence-corrected chi connectivity index (χ2v) is 8.12. The van der Waals surface area contributed by atoms with E-state index in [9.17, 15) is 14.4 Å². The molecule has 0 saturated heterocycles. The zero-order valence-corrected chi connectivity index (χ0v) is 19.5. The van der Waals surface area contributed by atoms with Crippen molar-refractivity contribution >= 4 is 29.3 Å². The third-order valence-electron chi connectivity index (χ3n) is 5.10. The monoisotopic (exact) mass is 444 g/mol. The van der Waals surface area contributed by atoms with Gasteiger partial charge < -0.3 is 20.1 Å². The molecule has 2 N–H and O–H groups in total. The second-order valence-electron chi connectivity index (χ2n) is 8.12. The topological polar surface area (TPSA) is 112 Å². The van der Waals surface area contributed by atoms with Crippen LogP contribution >= 0.6 is 0 Å². The Hall–Kier alpha value is -3.36. The van der Waals surface area contributed by atoms with Crippen molar-refractivity contribution in [2.24, 2.45) is 0 Å². The van der Waals surface area contributed by atoms with Gasteiger partial charge in [-0.25, -0.2) is 4.79 Å². The van der Waals surface area contributed by atoms with Crippen LogP contribution in [0.4, 0.5) is 16.2 Å². The van der Waals surface area contributed by atoms with E-state index in [0.29, 0.717) is 5.69 Å². The van der Waals surface area contributed by atoms with E-state index in [2.05, 4.69) is 43.4 Å². The molecule has 0 bridgehead atoms. The number of nitrogens with one attached hydrogen (secondary N) is 2. The molecule has 32 heavy (non-hydrogen) atoms. The van der Waals surface area contributed by atoms with Crippen LogP contribution in [0.3, 0.4) is 0 Å². The number of para-hydroxylation sites is 1. The van der Waals surface area contributed by atoms with Gasteiger partial charge in [0.1, 0.15) is 0 Å². The summed E-state index contributed by atoms with van der Waals surface area (Å²) in [6.07, 6.45) is 2.91. The first-order chi connectivity index (χ1) is 15.2. The summed E-state index contributed by atoms with van der Waals surface area (Å²) in [5.74, 6) is -0.477.